The molecule has 2 aliphatic carbocycles. The van der Waals surface area contributed by atoms with Gasteiger partial charge in [0.25, 0.3) is 0 Å². The summed E-state index contributed by atoms with van der Waals surface area (Å²) in [6.45, 7) is 14.2. The molecular weight excluding hydrogens is 344 g/mol. The van der Waals surface area contributed by atoms with Crippen LogP contribution in [0.25, 0.3) is 0 Å². The first-order valence-electron chi connectivity index (χ1n) is 9.02. The quantitative estimate of drug-likeness (QED) is 0.418. The number of hydrogen-bond donors (Lipinski definition) is 0. The molecule has 0 aliphatic heterocycles. The van der Waals surface area contributed by atoms with Gasteiger partial charge in [-0.1, -0.05) is 18.7 Å². The van der Waals surface area contributed by atoms with Gasteiger partial charge in [0.05, 0.1) is 0 Å². The largest absolute Gasteiger partial charge is 0.459 e. The van der Waals surface area contributed by atoms with Crippen LogP contribution in [0.4, 0.5) is 0 Å². The maximum absolute atomic E-state index is 13.2. The first-order valence-corrected chi connectivity index (χ1v) is 9.02. The fraction of sp³-hybridized carbons (Fsp3) is 0.545. The molecule has 1 spiro atoms. The molecule has 0 radical (unpaired) electrons. The summed E-state index contributed by atoms with van der Waals surface area (Å²) in [6.07, 6.45) is 6.50. The molecule has 0 aromatic rings. The Labute approximate surface area is 160 Å². The molecule has 1 fully saturated rings. The summed E-state index contributed by atoms with van der Waals surface area (Å²) in [6, 6.07) is 0. The normalized spacial score (nSPS) is 20.5. The van der Waals surface area contributed by atoms with E-state index in [4.69, 9.17) is 9.47 Å². The van der Waals surface area contributed by atoms with E-state index in [-0.39, 0.29) is 18.6 Å². The average molecular weight is 372 g/mol. The van der Waals surface area contributed by atoms with E-state index in [1.807, 2.05) is 0 Å². The number of carbonyl (C=O) groups excluding carboxylic acids is 3. The Morgan fingerprint density at radius 2 is 1.44 bits per heavy atom. The van der Waals surface area contributed by atoms with Crippen LogP contribution in [-0.4, -0.2) is 28.9 Å². The fourth-order valence-corrected chi connectivity index (χ4v) is 3.38. The molecule has 5 heteroatoms. The number of esters is 2. The summed E-state index contributed by atoms with van der Waals surface area (Å²) in [5, 5.41) is 0. The number of ketones is 1. The lowest BCUT2D eigenvalue weighted by molar-refractivity contribution is -0.185. The van der Waals surface area contributed by atoms with Crippen molar-refractivity contribution in [2.45, 2.75) is 65.6 Å². The maximum atomic E-state index is 13.2. The predicted octanol–water partition coefficient (Wildman–Crippen LogP) is 3.84. The zero-order valence-corrected chi connectivity index (χ0v) is 17.0. The Kier molecular flexibility index (Phi) is 5.15. The minimum absolute atomic E-state index is 0.0865. The van der Waals surface area contributed by atoms with Gasteiger partial charge in [0.15, 0.2) is 11.2 Å². The van der Waals surface area contributed by atoms with Crippen LogP contribution in [0, 0.1) is 10.8 Å². The van der Waals surface area contributed by atoms with Crippen LogP contribution in [0.5, 0.6) is 0 Å². The van der Waals surface area contributed by atoms with Crippen LogP contribution in [0.2, 0.25) is 0 Å². The minimum Gasteiger partial charge on any atom is -0.459 e. The van der Waals surface area contributed by atoms with Gasteiger partial charge in [-0.3, -0.25) is 14.4 Å². The zero-order chi connectivity index (χ0) is 20.7. The summed E-state index contributed by atoms with van der Waals surface area (Å²) in [4.78, 5) is 37.9. The van der Waals surface area contributed by atoms with Gasteiger partial charge in [-0.05, 0) is 65.7 Å². The van der Waals surface area contributed by atoms with Crippen molar-refractivity contribution in [3.63, 3.8) is 0 Å². The molecule has 2 rings (SSSR count). The summed E-state index contributed by atoms with van der Waals surface area (Å²) >= 11 is 0. The van der Waals surface area contributed by atoms with E-state index in [2.05, 4.69) is 12.3 Å². The van der Waals surface area contributed by atoms with Crippen molar-refractivity contribution >= 4 is 17.7 Å². The van der Waals surface area contributed by atoms with Gasteiger partial charge in [-0.25, -0.2) is 0 Å². The summed E-state index contributed by atoms with van der Waals surface area (Å²) in [5.74, 6) is -1.41. The van der Waals surface area contributed by atoms with Crippen molar-refractivity contribution < 1.29 is 23.9 Å². The van der Waals surface area contributed by atoms with Crippen molar-refractivity contribution in [1.82, 2.24) is 0 Å². The molecule has 0 atom stereocenters. The molecule has 1 saturated carbocycles. The standard InChI is InChI=1S/C22H28O5/c1-8-15-13-22(17(24)26-19(2,3)4,18(25)27-20(5,6)7)14-21(15)11-9-16(23)10-12-21/h9-12H,1,13-14H2,2-7H3. The van der Waals surface area contributed by atoms with Gasteiger partial charge in [-0.15, -0.1) is 5.73 Å². The first-order chi connectivity index (χ1) is 12.2. The molecule has 0 N–H and O–H groups in total. The number of carbonyl (C=O) groups is 3. The minimum atomic E-state index is -1.52. The second kappa shape index (κ2) is 6.65. The van der Waals surface area contributed by atoms with Crippen molar-refractivity contribution in [3.8, 4) is 0 Å². The van der Waals surface area contributed by atoms with Crippen molar-refractivity contribution in [2.24, 2.45) is 10.8 Å². The molecule has 0 unspecified atom stereocenters. The molecule has 5 nitrogen and oxygen atoms in total. The van der Waals surface area contributed by atoms with Crippen LogP contribution in [0.1, 0.15) is 54.4 Å². The highest BCUT2D eigenvalue weighted by Gasteiger charge is 2.61. The highest BCUT2D eigenvalue weighted by molar-refractivity contribution is 6.03. The second-order valence-electron chi connectivity index (χ2n) is 9.20. The lowest BCUT2D eigenvalue weighted by atomic mass is 9.76. The summed E-state index contributed by atoms with van der Waals surface area (Å²) < 4.78 is 11.2. The van der Waals surface area contributed by atoms with E-state index in [0.29, 0.717) is 5.57 Å². The summed E-state index contributed by atoms with van der Waals surface area (Å²) in [5.41, 5.74) is -0.271. The Morgan fingerprint density at radius 1 is 1.00 bits per heavy atom. The van der Waals surface area contributed by atoms with Gasteiger partial charge in [0, 0.05) is 11.8 Å². The Bertz CT molecular complexity index is 733. The van der Waals surface area contributed by atoms with Gasteiger partial charge in [-0.2, -0.15) is 0 Å². The molecule has 0 bridgehead atoms. The van der Waals surface area contributed by atoms with E-state index in [9.17, 15) is 14.4 Å². The van der Waals surface area contributed by atoms with Crippen LogP contribution in [0.3, 0.4) is 0 Å². The highest BCUT2D eigenvalue weighted by atomic mass is 16.6. The summed E-state index contributed by atoms with van der Waals surface area (Å²) in [7, 11) is 0. The molecule has 0 aromatic carbocycles. The lowest BCUT2D eigenvalue weighted by Crippen LogP contribution is -2.45. The Morgan fingerprint density at radius 3 is 1.81 bits per heavy atom. The molecule has 146 valence electrons. The van der Waals surface area contributed by atoms with Crippen LogP contribution in [-0.2, 0) is 23.9 Å². The average Bonchev–Trinajstić information content (AvgIpc) is 2.83. The van der Waals surface area contributed by atoms with Crippen molar-refractivity contribution in [1.29, 1.82) is 0 Å². The third-order valence-corrected chi connectivity index (χ3v) is 4.52. The molecular formula is C22H28O5. The van der Waals surface area contributed by atoms with Gasteiger partial charge in [0.1, 0.15) is 11.2 Å². The number of allylic oxidation sites excluding steroid dienone is 5. The van der Waals surface area contributed by atoms with Gasteiger partial charge >= 0.3 is 11.9 Å². The predicted molar refractivity (Wildman–Crippen MR) is 102 cm³/mol. The van der Waals surface area contributed by atoms with Crippen LogP contribution < -0.4 is 0 Å². The Balaban J connectivity index is 2.55. The Hall–Kier alpha value is -2.39. The molecule has 0 saturated heterocycles. The third-order valence-electron chi connectivity index (χ3n) is 4.52. The SMILES string of the molecule is C=C=C1CC(C(=O)OC(C)(C)C)(C(=O)OC(C)(C)C)CC12C=CC(=O)C=C2. The molecule has 0 aromatic heterocycles. The molecule has 0 heterocycles. The molecule has 0 amide bonds. The van der Waals surface area contributed by atoms with Crippen LogP contribution in [0.15, 0.2) is 42.2 Å². The monoisotopic (exact) mass is 372 g/mol. The topological polar surface area (TPSA) is 69.7 Å². The van der Waals surface area contributed by atoms with E-state index in [1.54, 1.807) is 53.7 Å². The molecule has 2 aliphatic rings. The highest BCUT2D eigenvalue weighted by Crippen LogP contribution is 2.56. The van der Waals surface area contributed by atoms with Gasteiger partial charge in [0.2, 0.25) is 0 Å². The third kappa shape index (κ3) is 4.30. The number of ether oxygens (including phenoxy) is 2. The van der Waals surface area contributed by atoms with Crippen LogP contribution >= 0.6 is 0 Å². The first kappa shape index (κ1) is 20.9. The molecule has 27 heavy (non-hydrogen) atoms. The lowest BCUT2D eigenvalue weighted by Gasteiger charge is -2.33. The van der Waals surface area contributed by atoms with E-state index in [0.717, 1.165) is 0 Å². The number of rotatable bonds is 2. The second-order valence-corrected chi connectivity index (χ2v) is 9.20. The van der Waals surface area contributed by atoms with Gasteiger partial charge < -0.3 is 9.47 Å². The zero-order valence-electron chi connectivity index (χ0n) is 17.0. The number of hydrogen-bond acceptors (Lipinski definition) is 5. The van der Waals surface area contributed by atoms with E-state index < -0.39 is 34.0 Å². The van der Waals surface area contributed by atoms with E-state index >= 15 is 0 Å². The van der Waals surface area contributed by atoms with E-state index in [1.165, 1.54) is 12.2 Å². The van der Waals surface area contributed by atoms with Crippen molar-refractivity contribution in [2.75, 3.05) is 0 Å². The fourth-order valence-electron chi connectivity index (χ4n) is 3.38. The van der Waals surface area contributed by atoms with Crippen molar-refractivity contribution in [3.05, 3.63) is 42.2 Å². The smallest absolute Gasteiger partial charge is 0.324 e. The maximum Gasteiger partial charge on any atom is 0.324 e.